The molecule has 0 spiro atoms. The van der Waals surface area contributed by atoms with E-state index in [-0.39, 0.29) is 0 Å². The number of hydrogen-bond acceptors (Lipinski definition) is 5. The second-order valence-electron chi connectivity index (χ2n) is 4.00. The minimum absolute atomic E-state index is 0.373. The number of sulfone groups is 1. The van der Waals surface area contributed by atoms with Crippen LogP contribution in [0.25, 0.3) is 0 Å². The highest BCUT2D eigenvalue weighted by atomic mass is 32.2. The highest BCUT2D eigenvalue weighted by Crippen LogP contribution is 2.37. The van der Waals surface area contributed by atoms with Gasteiger partial charge in [-0.2, -0.15) is 13.2 Å². The Bertz CT molecular complexity index is 736. The summed E-state index contributed by atoms with van der Waals surface area (Å²) in [5.41, 5.74) is -3.56. The second-order valence-corrected chi connectivity index (χ2v) is 5.96. The lowest BCUT2D eigenvalue weighted by Gasteiger charge is -2.12. The lowest BCUT2D eigenvalue weighted by molar-refractivity contribution is -0.138. The molecule has 20 heavy (non-hydrogen) atoms. The van der Waals surface area contributed by atoms with Crippen LogP contribution in [0.3, 0.4) is 0 Å². The zero-order valence-corrected chi connectivity index (χ0v) is 10.3. The van der Waals surface area contributed by atoms with E-state index >= 15 is 0 Å². The summed E-state index contributed by atoms with van der Waals surface area (Å²) in [4.78, 5) is 10.3. The molecule has 6 nitrogen and oxygen atoms in total. The van der Waals surface area contributed by atoms with Crippen LogP contribution in [0.15, 0.2) is 22.2 Å². The van der Waals surface area contributed by atoms with Gasteiger partial charge in [-0.3, -0.25) is 0 Å². The van der Waals surface area contributed by atoms with Gasteiger partial charge >= 0.3 is 12.1 Å². The molecule has 0 saturated heterocycles. The van der Waals surface area contributed by atoms with Gasteiger partial charge in [0.1, 0.15) is 11.5 Å². The first kappa shape index (κ1) is 14.3. The standard InChI is InChI=1S/C10H6F3NO5S/c11-10(12,13)6-1-5-7(14-17)3-20(18,19)8(5)2-4(6)9(15)16/h1-2,17H,3H2,(H,15,16). The van der Waals surface area contributed by atoms with Crippen molar-refractivity contribution in [3.05, 3.63) is 28.8 Å². The van der Waals surface area contributed by atoms with Crippen molar-refractivity contribution in [2.24, 2.45) is 5.16 Å². The maximum Gasteiger partial charge on any atom is 0.417 e. The monoisotopic (exact) mass is 309 g/mol. The van der Waals surface area contributed by atoms with Crippen LogP contribution in [0.4, 0.5) is 13.2 Å². The van der Waals surface area contributed by atoms with Gasteiger partial charge in [0, 0.05) is 5.56 Å². The van der Waals surface area contributed by atoms with Gasteiger partial charge in [-0.1, -0.05) is 5.16 Å². The molecule has 2 N–H and O–H groups in total. The molecule has 0 radical (unpaired) electrons. The van der Waals surface area contributed by atoms with Crippen molar-refractivity contribution < 1.29 is 36.7 Å². The van der Waals surface area contributed by atoms with Crippen molar-refractivity contribution in [2.75, 3.05) is 5.75 Å². The number of oxime groups is 1. The van der Waals surface area contributed by atoms with Gasteiger partial charge in [0.2, 0.25) is 0 Å². The third kappa shape index (κ3) is 2.11. The van der Waals surface area contributed by atoms with E-state index in [9.17, 15) is 26.4 Å². The van der Waals surface area contributed by atoms with Gasteiger partial charge in [-0.05, 0) is 12.1 Å². The van der Waals surface area contributed by atoms with Crippen molar-refractivity contribution in [3.63, 3.8) is 0 Å². The number of rotatable bonds is 1. The fourth-order valence-corrected chi connectivity index (χ4v) is 3.43. The van der Waals surface area contributed by atoms with Crippen LogP contribution < -0.4 is 0 Å². The van der Waals surface area contributed by atoms with Crippen LogP contribution in [0.1, 0.15) is 21.5 Å². The zero-order valence-electron chi connectivity index (χ0n) is 9.47. The number of carbonyl (C=O) groups is 1. The summed E-state index contributed by atoms with van der Waals surface area (Å²) in [6.07, 6.45) is -4.98. The molecule has 1 heterocycles. The Morgan fingerprint density at radius 3 is 2.35 bits per heavy atom. The summed E-state index contributed by atoms with van der Waals surface area (Å²) in [6.45, 7) is 0. The molecular weight excluding hydrogens is 303 g/mol. The number of nitrogens with zero attached hydrogens (tertiary/aromatic N) is 1. The van der Waals surface area contributed by atoms with Gasteiger partial charge in [0.05, 0.1) is 16.0 Å². The maximum absolute atomic E-state index is 12.8. The van der Waals surface area contributed by atoms with Crippen LogP contribution >= 0.6 is 0 Å². The number of hydrogen-bond donors (Lipinski definition) is 2. The van der Waals surface area contributed by atoms with Crippen LogP contribution in [0.2, 0.25) is 0 Å². The van der Waals surface area contributed by atoms with E-state index in [4.69, 9.17) is 10.3 Å². The number of benzene rings is 1. The van der Waals surface area contributed by atoms with Crippen molar-refractivity contribution in [3.8, 4) is 0 Å². The van der Waals surface area contributed by atoms with Gasteiger partial charge in [0.15, 0.2) is 9.84 Å². The highest BCUT2D eigenvalue weighted by molar-refractivity contribution is 7.92. The molecule has 1 aliphatic heterocycles. The topological polar surface area (TPSA) is 104 Å². The van der Waals surface area contributed by atoms with Crippen LogP contribution in [-0.4, -0.2) is 36.2 Å². The van der Waals surface area contributed by atoms with E-state index in [1.807, 2.05) is 0 Å². The van der Waals surface area contributed by atoms with Crippen molar-refractivity contribution in [1.29, 1.82) is 0 Å². The third-order valence-electron chi connectivity index (χ3n) is 2.75. The summed E-state index contributed by atoms with van der Waals surface area (Å²) in [6, 6.07) is 0.812. The minimum Gasteiger partial charge on any atom is -0.478 e. The maximum atomic E-state index is 12.8. The largest absolute Gasteiger partial charge is 0.478 e. The SMILES string of the molecule is O=C(O)c1cc2c(cc1C(F)(F)F)C(=NO)CS2(=O)=O. The summed E-state index contributed by atoms with van der Waals surface area (Å²) < 4.78 is 61.7. The van der Waals surface area contributed by atoms with Crippen LogP contribution in [0, 0.1) is 0 Å². The van der Waals surface area contributed by atoms with E-state index in [0.717, 1.165) is 0 Å². The number of carboxylic acid groups (broad SMARTS) is 1. The van der Waals surface area contributed by atoms with Crippen LogP contribution in [0.5, 0.6) is 0 Å². The Morgan fingerprint density at radius 1 is 1.30 bits per heavy atom. The van der Waals surface area contributed by atoms with E-state index in [2.05, 4.69) is 5.16 Å². The van der Waals surface area contributed by atoms with Gasteiger partial charge in [-0.25, -0.2) is 13.2 Å². The lowest BCUT2D eigenvalue weighted by atomic mass is 10.0. The molecule has 0 saturated carbocycles. The normalized spacial score (nSPS) is 19.1. The van der Waals surface area contributed by atoms with Gasteiger partial charge in [0.25, 0.3) is 0 Å². The number of carboxylic acids is 1. The average molecular weight is 309 g/mol. The van der Waals surface area contributed by atoms with Crippen molar-refractivity contribution in [1.82, 2.24) is 0 Å². The summed E-state index contributed by atoms with van der Waals surface area (Å²) in [7, 11) is -4.01. The predicted molar refractivity (Wildman–Crippen MR) is 58.8 cm³/mol. The average Bonchev–Trinajstić information content (AvgIpc) is 2.58. The molecule has 2 rings (SSSR count). The molecule has 0 aromatic heterocycles. The first-order valence-electron chi connectivity index (χ1n) is 5.00. The molecule has 1 aromatic rings. The van der Waals surface area contributed by atoms with Crippen LogP contribution in [-0.2, 0) is 16.0 Å². The Balaban J connectivity index is 2.87. The Kier molecular flexibility index (Phi) is 3.00. The first-order chi connectivity index (χ1) is 9.08. The first-order valence-corrected chi connectivity index (χ1v) is 6.65. The third-order valence-corrected chi connectivity index (χ3v) is 4.41. The number of aromatic carboxylic acids is 1. The van der Waals surface area contributed by atoms with Gasteiger partial charge < -0.3 is 10.3 Å². The molecule has 10 heteroatoms. The van der Waals surface area contributed by atoms with Crippen molar-refractivity contribution in [2.45, 2.75) is 11.1 Å². The quantitative estimate of drug-likeness (QED) is 0.602. The summed E-state index contributed by atoms with van der Waals surface area (Å²) in [5.74, 6) is -2.68. The van der Waals surface area contributed by atoms with Gasteiger partial charge in [-0.15, -0.1) is 0 Å². The molecule has 0 aliphatic carbocycles. The lowest BCUT2D eigenvalue weighted by Crippen LogP contribution is -2.14. The molecule has 0 atom stereocenters. The van der Waals surface area contributed by atoms with E-state index in [1.165, 1.54) is 0 Å². The van der Waals surface area contributed by atoms with Crippen molar-refractivity contribution >= 4 is 21.5 Å². The molecule has 0 bridgehead atoms. The fourth-order valence-electron chi connectivity index (χ4n) is 1.89. The fraction of sp³-hybridized carbons (Fsp3) is 0.200. The molecule has 0 amide bonds. The molecule has 1 aromatic carbocycles. The molecular formula is C10H6F3NO5S. The molecule has 0 unspecified atom stereocenters. The molecule has 108 valence electrons. The number of fused-ring (bicyclic) bond motifs is 1. The van der Waals surface area contributed by atoms with E-state index < -0.39 is 55.0 Å². The molecule has 1 aliphatic rings. The Labute approximate surface area is 110 Å². The zero-order chi connectivity index (χ0) is 15.3. The van der Waals surface area contributed by atoms with E-state index in [0.29, 0.717) is 12.1 Å². The summed E-state index contributed by atoms with van der Waals surface area (Å²) >= 11 is 0. The molecule has 0 fully saturated rings. The number of halogens is 3. The Hall–Kier alpha value is -2.10. The number of alkyl halides is 3. The Morgan fingerprint density at radius 2 is 1.90 bits per heavy atom. The highest BCUT2D eigenvalue weighted by Gasteiger charge is 2.41. The smallest absolute Gasteiger partial charge is 0.417 e. The summed E-state index contributed by atoms with van der Waals surface area (Å²) in [5, 5.41) is 20.1. The minimum atomic E-state index is -4.98. The second kappa shape index (κ2) is 4.20. The predicted octanol–water partition coefficient (Wildman–Crippen LogP) is 1.37. The van der Waals surface area contributed by atoms with E-state index in [1.54, 1.807) is 0 Å².